The minimum Gasteiger partial charge on any atom is -0.444 e. The Labute approximate surface area is 293 Å². The number of alkyl halides is 3. The van der Waals surface area contributed by atoms with Crippen molar-refractivity contribution in [2.45, 2.75) is 51.9 Å². The second kappa shape index (κ2) is 15.4. The summed E-state index contributed by atoms with van der Waals surface area (Å²) in [4.78, 5) is 37.8. The monoisotopic (exact) mass is 722 g/mol. The number of pyridine rings is 2. The van der Waals surface area contributed by atoms with E-state index >= 15 is 0 Å². The van der Waals surface area contributed by atoms with Crippen LogP contribution < -0.4 is 15.0 Å². The summed E-state index contributed by atoms with van der Waals surface area (Å²) >= 11 is 12.6. The predicted molar refractivity (Wildman–Crippen MR) is 181 cm³/mol. The SMILES string of the molecule is CC(C)(C)OC(=O)NCC1CCN(Cc2cc(Oc3ccc(N4CCN(C(=O)C(F)(F)F)CC4)nc3)nc(-c3cc(Cl)cc(Cl)c3)c2)CC1. The van der Waals surface area contributed by atoms with Crippen molar-refractivity contribution in [1.82, 2.24) is 25.1 Å². The third kappa shape index (κ3) is 10.6. The van der Waals surface area contributed by atoms with Crippen LogP contribution >= 0.6 is 23.2 Å². The first kappa shape index (κ1) is 36.5. The molecule has 264 valence electrons. The number of ether oxygens (including phenoxy) is 2. The van der Waals surface area contributed by atoms with Crippen LogP contribution in [0.4, 0.5) is 23.8 Å². The molecule has 15 heteroatoms. The fraction of sp³-hybridized carbons (Fsp3) is 0.471. The number of hydrogen-bond donors (Lipinski definition) is 1. The number of aromatic nitrogens is 2. The minimum atomic E-state index is -4.89. The maximum atomic E-state index is 12.8. The fourth-order valence-electron chi connectivity index (χ4n) is 5.76. The zero-order valence-corrected chi connectivity index (χ0v) is 29.0. The summed E-state index contributed by atoms with van der Waals surface area (Å²) in [7, 11) is 0. The number of likely N-dealkylation sites (tertiary alicyclic amines) is 1. The molecule has 10 nitrogen and oxygen atoms in total. The molecule has 0 unspecified atom stereocenters. The van der Waals surface area contributed by atoms with E-state index in [1.54, 1.807) is 30.3 Å². The minimum absolute atomic E-state index is 0.0497. The zero-order chi connectivity index (χ0) is 35.3. The number of anilines is 1. The summed E-state index contributed by atoms with van der Waals surface area (Å²) in [5.74, 6) is -0.144. The summed E-state index contributed by atoms with van der Waals surface area (Å²) in [5, 5.41) is 3.84. The van der Waals surface area contributed by atoms with Gasteiger partial charge in [0.2, 0.25) is 5.88 Å². The molecule has 3 aromatic rings. The molecular weight excluding hydrogens is 684 g/mol. The van der Waals surface area contributed by atoms with E-state index in [0.717, 1.165) is 42.0 Å². The van der Waals surface area contributed by atoms with E-state index in [9.17, 15) is 22.8 Å². The molecule has 1 N–H and O–H groups in total. The highest BCUT2D eigenvalue weighted by molar-refractivity contribution is 6.35. The molecule has 0 saturated carbocycles. The molecule has 2 amide bonds. The highest BCUT2D eigenvalue weighted by atomic mass is 35.5. The number of piperidine rings is 1. The molecule has 2 saturated heterocycles. The molecule has 1 aromatic carbocycles. The van der Waals surface area contributed by atoms with Crippen molar-refractivity contribution < 1.29 is 32.2 Å². The van der Waals surface area contributed by atoms with E-state index in [4.69, 9.17) is 37.7 Å². The first-order chi connectivity index (χ1) is 23.1. The van der Waals surface area contributed by atoms with Crippen LogP contribution in [0, 0.1) is 5.92 Å². The normalized spacial score (nSPS) is 16.4. The molecule has 2 aromatic heterocycles. The van der Waals surface area contributed by atoms with Crippen molar-refractivity contribution in [2.24, 2.45) is 5.92 Å². The highest BCUT2D eigenvalue weighted by Crippen LogP contribution is 2.31. The van der Waals surface area contributed by atoms with Crippen molar-refractivity contribution in [3.63, 3.8) is 0 Å². The van der Waals surface area contributed by atoms with Crippen LogP contribution in [0.1, 0.15) is 39.2 Å². The number of benzene rings is 1. The first-order valence-electron chi connectivity index (χ1n) is 16.0. The van der Waals surface area contributed by atoms with Crippen LogP contribution in [0.5, 0.6) is 11.6 Å². The van der Waals surface area contributed by atoms with Gasteiger partial charge in [-0.15, -0.1) is 0 Å². The summed E-state index contributed by atoms with van der Waals surface area (Å²) < 4.78 is 49.9. The second-order valence-corrected chi connectivity index (χ2v) is 14.1. The van der Waals surface area contributed by atoms with Gasteiger partial charge in [-0.25, -0.2) is 14.8 Å². The molecule has 0 spiro atoms. The lowest BCUT2D eigenvalue weighted by Crippen LogP contribution is -2.52. The lowest BCUT2D eigenvalue weighted by atomic mass is 9.96. The Hall–Kier alpha value is -3.81. The van der Waals surface area contributed by atoms with Crippen LogP contribution in [0.3, 0.4) is 0 Å². The summed E-state index contributed by atoms with van der Waals surface area (Å²) in [6.45, 7) is 8.77. The largest absolute Gasteiger partial charge is 0.471 e. The highest BCUT2D eigenvalue weighted by Gasteiger charge is 2.43. The van der Waals surface area contributed by atoms with Gasteiger partial charge >= 0.3 is 18.2 Å². The lowest BCUT2D eigenvalue weighted by Gasteiger charge is -2.35. The van der Waals surface area contributed by atoms with Crippen LogP contribution in [-0.2, 0) is 16.1 Å². The van der Waals surface area contributed by atoms with E-state index < -0.39 is 23.8 Å². The Morgan fingerprint density at radius 2 is 1.61 bits per heavy atom. The maximum Gasteiger partial charge on any atom is 0.471 e. The fourth-order valence-corrected chi connectivity index (χ4v) is 6.29. The number of piperazine rings is 1. The van der Waals surface area contributed by atoms with Gasteiger partial charge in [0.15, 0.2) is 0 Å². The number of rotatable bonds is 8. The number of carbonyl (C=O) groups is 2. The topological polar surface area (TPSA) is 100 Å². The molecule has 2 fully saturated rings. The van der Waals surface area contributed by atoms with E-state index in [-0.39, 0.29) is 26.2 Å². The van der Waals surface area contributed by atoms with Crippen molar-refractivity contribution in [3.8, 4) is 22.9 Å². The van der Waals surface area contributed by atoms with Crippen molar-refractivity contribution in [3.05, 3.63) is 64.3 Å². The van der Waals surface area contributed by atoms with Gasteiger partial charge in [-0.2, -0.15) is 13.2 Å². The third-order valence-corrected chi connectivity index (χ3v) is 8.58. The number of amides is 2. The average molecular weight is 724 g/mol. The Kier molecular flexibility index (Phi) is 11.5. The zero-order valence-electron chi connectivity index (χ0n) is 27.5. The number of nitrogens with one attached hydrogen (secondary N) is 1. The van der Waals surface area contributed by atoms with Gasteiger partial charge in [-0.1, -0.05) is 23.2 Å². The first-order valence-corrected chi connectivity index (χ1v) is 16.8. The molecule has 0 aliphatic carbocycles. The number of alkyl carbamates (subject to hydrolysis) is 1. The quantitative estimate of drug-likeness (QED) is 0.261. The predicted octanol–water partition coefficient (Wildman–Crippen LogP) is 7.19. The van der Waals surface area contributed by atoms with Gasteiger partial charge in [0, 0.05) is 60.9 Å². The number of nitrogens with zero attached hydrogens (tertiary/aromatic N) is 5. The summed E-state index contributed by atoms with van der Waals surface area (Å²) in [6.07, 6.45) is -1.91. The van der Waals surface area contributed by atoms with Crippen molar-refractivity contribution in [1.29, 1.82) is 0 Å². The van der Waals surface area contributed by atoms with Gasteiger partial charge in [0.25, 0.3) is 0 Å². The maximum absolute atomic E-state index is 12.8. The summed E-state index contributed by atoms with van der Waals surface area (Å²) in [6, 6.07) is 12.5. The molecule has 5 rings (SSSR count). The van der Waals surface area contributed by atoms with E-state index in [1.807, 2.05) is 37.8 Å². The Morgan fingerprint density at radius 1 is 0.939 bits per heavy atom. The third-order valence-electron chi connectivity index (χ3n) is 8.14. The Balaban J connectivity index is 1.24. The Morgan fingerprint density at radius 3 is 2.20 bits per heavy atom. The smallest absolute Gasteiger partial charge is 0.444 e. The Bertz CT molecular complexity index is 1600. The van der Waals surface area contributed by atoms with E-state index in [0.29, 0.717) is 52.2 Å². The van der Waals surface area contributed by atoms with Gasteiger partial charge < -0.3 is 24.6 Å². The number of halogens is 5. The van der Waals surface area contributed by atoms with Gasteiger partial charge in [-0.05, 0) is 94.6 Å². The van der Waals surface area contributed by atoms with Gasteiger partial charge in [0.1, 0.15) is 17.2 Å². The second-order valence-electron chi connectivity index (χ2n) is 13.2. The van der Waals surface area contributed by atoms with Crippen LogP contribution in [0.2, 0.25) is 10.0 Å². The number of hydrogen-bond acceptors (Lipinski definition) is 8. The molecule has 2 aliphatic heterocycles. The average Bonchev–Trinajstić information content (AvgIpc) is 3.03. The molecule has 0 atom stereocenters. The van der Waals surface area contributed by atoms with Crippen molar-refractivity contribution in [2.75, 3.05) is 50.7 Å². The molecule has 49 heavy (non-hydrogen) atoms. The standard InChI is InChI=1S/C34H39Cl2F3N6O4/c1-33(2,3)49-32(47)41-19-22-6-8-43(9-7-22)21-23-14-28(24-16-25(35)18-26(36)17-24)42-30(15-23)48-27-4-5-29(40-20-27)44-10-12-45(13-11-44)31(46)34(37,38)39/h4-5,14-18,20,22H,6-13,19,21H2,1-3H3,(H,41,47). The molecule has 4 heterocycles. The van der Waals surface area contributed by atoms with Gasteiger partial charge in [-0.3, -0.25) is 9.69 Å². The van der Waals surface area contributed by atoms with E-state index in [2.05, 4.69) is 15.2 Å². The van der Waals surface area contributed by atoms with E-state index in [1.165, 1.54) is 6.20 Å². The molecule has 0 radical (unpaired) electrons. The van der Waals surface area contributed by atoms with Crippen LogP contribution in [0.25, 0.3) is 11.3 Å². The molecule has 0 bridgehead atoms. The molecule has 2 aliphatic rings. The summed E-state index contributed by atoms with van der Waals surface area (Å²) in [5.41, 5.74) is 1.79. The van der Waals surface area contributed by atoms with Crippen LogP contribution in [-0.4, -0.2) is 89.4 Å². The van der Waals surface area contributed by atoms with Crippen LogP contribution in [0.15, 0.2) is 48.7 Å². The lowest BCUT2D eigenvalue weighted by molar-refractivity contribution is -0.185. The number of carbonyl (C=O) groups excluding carboxylic acids is 2. The van der Waals surface area contributed by atoms with Crippen molar-refractivity contribution >= 4 is 41.0 Å². The molecular formula is C34H39Cl2F3N6O4. The van der Waals surface area contributed by atoms with Gasteiger partial charge in [0.05, 0.1) is 11.9 Å².